The molecule has 2 aromatic carbocycles. The normalized spacial score (nSPS) is 11.9. The van der Waals surface area contributed by atoms with Crippen LogP contribution in [0.25, 0.3) is 0 Å². The molecule has 0 bridgehead atoms. The molecule has 2 rings (SSSR count). The summed E-state index contributed by atoms with van der Waals surface area (Å²) in [6.45, 7) is 4.06. The van der Waals surface area contributed by atoms with Crippen LogP contribution < -0.4 is 20.7 Å². The Morgan fingerprint density at radius 2 is 1.71 bits per heavy atom. The molecule has 0 spiro atoms. The van der Waals surface area contributed by atoms with Gasteiger partial charge in [0.15, 0.2) is 23.4 Å². The average molecular weight is 554 g/mol. The van der Waals surface area contributed by atoms with E-state index in [9.17, 15) is 22.4 Å². The highest BCUT2D eigenvalue weighted by Crippen LogP contribution is 2.19. The lowest BCUT2D eigenvalue weighted by atomic mass is 10.3. The molecule has 6 nitrogen and oxygen atoms in total. The molecule has 0 aliphatic heterocycles. The molecule has 1 atom stereocenters. The van der Waals surface area contributed by atoms with E-state index in [1.54, 1.807) is 6.92 Å². The van der Waals surface area contributed by atoms with E-state index in [1.807, 2.05) is 6.92 Å². The van der Waals surface area contributed by atoms with E-state index >= 15 is 0 Å². The minimum Gasteiger partial charge on any atom is -0.489 e. The second-order valence-electron chi connectivity index (χ2n) is 6.23. The molecule has 1 unspecified atom stereocenters. The van der Waals surface area contributed by atoms with E-state index < -0.39 is 29.0 Å². The predicted octanol–water partition coefficient (Wildman–Crippen LogP) is 3.82. The average Bonchev–Trinajstić information content (AvgIpc) is 2.72. The van der Waals surface area contributed by atoms with Crippen LogP contribution in [0.4, 0.5) is 23.2 Å². The molecule has 3 N–H and O–H groups in total. The third-order valence-corrected chi connectivity index (χ3v) is 3.74. The van der Waals surface area contributed by atoms with Crippen molar-refractivity contribution in [3.63, 3.8) is 0 Å². The van der Waals surface area contributed by atoms with E-state index in [4.69, 9.17) is 4.74 Å². The van der Waals surface area contributed by atoms with Crippen molar-refractivity contribution in [1.29, 1.82) is 0 Å². The van der Waals surface area contributed by atoms with Crippen LogP contribution in [0.1, 0.15) is 13.8 Å². The first-order valence-electron chi connectivity index (χ1n) is 9.18. The number of carbonyl (C=O) groups excluding carboxylic acids is 1. The number of amides is 1. The van der Waals surface area contributed by atoms with Crippen molar-refractivity contribution in [2.24, 2.45) is 4.99 Å². The highest BCUT2D eigenvalue weighted by atomic mass is 127. The van der Waals surface area contributed by atoms with Crippen molar-refractivity contribution < 1.29 is 27.1 Å². The molecule has 0 radical (unpaired) electrons. The predicted molar refractivity (Wildman–Crippen MR) is 121 cm³/mol. The molecule has 0 fully saturated rings. The number of guanidine groups is 1. The summed E-state index contributed by atoms with van der Waals surface area (Å²) in [4.78, 5) is 16.0. The van der Waals surface area contributed by atoms with Gasteiger partial charge in [-0.2, -0.15) is 0 Å². The Morgan fingerprint density at radius 1 is 1.03 bits per heavy atom. The minimum absolute atomic E-state index is 0. The second kappa shape index (κ2) is 13.0. The second-order valence-corrected chi connectivity index (χ2v) is 6.23. The monoisotopic (exact) mass is 554 g/mol. The lowest BCUT2D eigenvalue weighted by Gasteiger charge is -2.17. The Morgan fingerprint density at radius 3 is 2.35 bits per heavy atom. The van der Waals surface area contributed by atoms with Gasteiger partial charge in [-0.3, -0.25) is 4.79 Å². The number of benzene rings is 2. The van der Waals surface area contributed by atoms with Crippen LogP contribution >= 0.6 is 24.0 Å². The maximum absolute atomic E-state index is 13.6. The van der Waals surface area contributed by atoms with Crippen molar-refractivity contribution in [3.8, 4) is 5.75 Å². The van der Waals surface area contributed by atoms with Gasteiger partial charge in [0.2, 0.25) is 5.91 Å². The number of anilines is 1. The Bertz CT molecular complexity index is 897. The number of ether oxygens (including phenoxy) is 1. The van der Waals surface area contributed by atoms with Crippen LogP contribution in [0.5, 0.6) is 5.75 Å². The quantitative estimate of drug-likeness (QED) is 0.153. The van der Waals surface area contributed by atoms with Crippen LogP contribution in [-0.4, -0.2) is 37.6 Å². The topological polar surface area (TPSA) is 74.8 Å². The molecular formula is C20H23F4IN4O2. The van der Waals surface area contributed by atoms with Crippen LogP contribution in [0.2, 0.25) is 0 Å². The SMILES string of the molecule is CCNC(=NCC(=O)Nc1ccc(F)c(F)c1F)NCC(C)Oc1ccc(F)cc1.I. The first kappa shape index (κ1) is 26.5. The van der Waals surface area contributed by atoms with Gasteiger partial charge >= 0.3 is 0 Å². The molecular weight excluding hydrogens is 531 g/mol. The number of hydrogen-bond donors (Lipinski definition) is 3. The van der Waals surface area contributed by atoms with E-state index in [1.165, 1.54) is 24.3 Å². The smallest absolute Gasteiger partial charge is 0.246 e. The molecule has 11 heteroatoms. The molecule has 1 amide bonds. The summed E-state index contributed by atoms with van der Waals surface area (Å²) >= 11 is 0. The molecule has 0 saturated carbocycles. The van der Waals surface area contributed by atoms with Crippen LogP contribution in [0.15, 0.2) is 41.4 Å². The van der Waals surface area contributed by atoms with Gasteiger partial charge in [-0.15, -0.1) is 24.0 Å². The third-order valence-electron chi connectivity index (χ3n) is 3.74. The number of halogens is 5. The van der Waals surface area contributed by atoms with Gasteiger partial charge in [0.05, 0.1) is 12.2 Å². The molecule has 0 aromatic heterocycles. The zero-order chi connectivity index (χ0) is 22.1. The zero-order valence-corrected chi connectivity index (χ0v) is 19.2. The number of carbonyl (C=O) groups is 1. The Kier molecular flexibility index (Phi) is 11.1. The molecule has 0 aliphatic carbocycles. The van der Waals surface area contributed by atoms with Gasteiger partial charge in [0, 0.05) is 6.54 Å². The molecule has 0 saturated heterocycles. The summed E-state index contributed by atoms with van der Waals surface area (Å²) in [5.41, 5.74) is -0.478. The van der Waals surface area contributed by atoms with Gasteiger partial charge in [-0.05, 0) is 50.2 Å². The van der Waals surface area contributed by atoms with Gasteiger partial charge in [0.1, 0.15) is 24.2 Å². The van der Waals surface area contributed by atoms with Crippen LogP contribution in [0.3, 0.4) is 0 Å². The lowest BCUT2D eigenvalue weighted by Crippen LogP contribution is -2.42. The van der Waals surface area contributed by atoms with E-state index in [2.05, 4.69) is 20.9 Å². The van der Waals surface area contributed by atoms with Crippen molar-refractivity contribution in [2.75, 3.05) is 25.0 Å². The third kappa shape index (κ3) is 8.59. The maximum Gasteiger partial charge on any atom is 0.246 e. The first-order valence-corrected chi connectivity index (χ1v) is 9.18. The highest BCUT2D eigenvalue weighted by molar-refractivity contribution is 14.0. The largest absolute Gasteiger partial charge is 0.489 e. The fourth-order valence-corrected chi connectivity index (χ4v) is 2.33. The van der Waals surface area contributed by atoms with Gasteiger partial charge in [-0.25, -0.2) is 22.6 Å². The Labute approximate surface area is 194 Å². The highest BCUT2D eigenvalue weighted by Gasteiger charge is 2.15. The summed E-state index contributed by atoms with van der Waals surface area (Å²) in [7, 11) is 0. The summed E-state index contributed by atoms with van der Waals surface area (Å²) in [5.74, 6) is -4.78. The van der Waals surface area contributed by atoms with Crippen molar-refractivity contribution in [3.05, 3.63) is 59.7 Å². The van der Waals surface area contributed by atoms with E-state index in [0.29, 0.717) is 30.9 Å². The minimum atomic E-state index is -1.67. The van der Waals surface area contributed by atoms with Gasteiger partial charge < -0.3 is 20.7 Å². The van der Waals surface area contributed by atoms with Crippen LogP contribution in [-0.2, 0) is 4.79 Å². The standard InChI is InChI=1S/C20H22F4N4O2.HI/c1-3-25-20(26-10-12(2)30-14-6-4-13(21)5-7-14)27-11-17(29)28-16-9-8-15(22)18(23)19(16)24;/h4-9,12H,3,10-11H2,1-2H3,(H,28,29)(H2,25,26,27);1H. The van der Waals surface area contributed by atoms with Crippen molar-refractivity contribution in [2.45, 2.75) is 20.0 Å². The lowest BCUT2D eigenvalue weighted by molar-refractivity contribution is -0.114. The molecule has 2 aromatic rings. The van der Waals surface area contributed by atoms with Crippen LogP contribution in [0, 0.1) is 23.3 Å². The fourth-order valence-electron chi connectivity index (χ4n) is 2.33. The zero-order valence-electron chi connectivity index (χ0n) is 16.8. The Hall–Kier alpha value is -2.57. The fraction of sp³-hybridized carbons (Fsp3) is 0.300. The number of nitrogens with one attached hydrogen (secondary N) is 3. The number of aliphatic imine (C=N–C) groups is 1. The van der Waals surface area contributed by atoms with E-state index in [0.717, 1.165) is 6.07 Å². The summed E-state index contributed by atoms with van der Waals surface area (Å²) in [5, 5.41) is 8.04. The summed E-state index contributed by atoms with van der Waals surface area (Å²) in [6, 6.07) is 7.23. The molecule has 31 heavy (non-hydrogen) atoms. The molecule has 0 heterocycles. The Balaban J connectivity index is 0.00000480. The number of nitrogens with zero attached hydrogens (tertiary/aromatic N) is 1. The van der Waals surface area contributed by atoms with Gasteiger partial charge in [-0.1, -0.05) is 0 Å². The summed E-state index contributed by atoms with van der Waals surface area (Å²) in [6.07, 6.45) is -0.301. The van der Waals surface area contributed by atoms with Crippen molar-refractivity contribution in [1.82, 2.24) is 10.6 Å². The van der Waals surface area contributed by atoms with E-state index in [-0.39, 0.29) is 42.4 Å². The maximum atomic E-state index is 13.6. The van der Waals surface area contributed by atoms with Gasteiger partial charge in [0.25, 0.3) is 0 Å². The molecule has 170 valence electrons. The molecule has 0 aliphatic rings. The first-order chi connectivity index (χ1) is 14.3. The van der Waals surface area contributed by atoms with Crippen molar-refractivity contribution >= 4 is 41.5 Å². The number of hydrogen-bond acceptors (Lipinski definition) is 3. The number of rotatable bonds is 8. The summed E-state index contributed by atoms with van der Waals surface area (Å²) < 4.78 is 58.4.